The quantitative estimate of drug-likeness (QED) is 0.821. The molecule has 17 heavy (non-hydrogen) atoms. The predicted octanol–water partition coefficient (Wildman–Crippen LogP) is 0.284. The van der Waals surface area contributed by atoms with Crippen molar-refractivity contribution in [1.29, 1.82) is 0 Å². The first-order valence-electron chi connectivity index (χ1n) is 5.69. The number of nitrogens with zero attached hydrogens (tertiary/aromatic N) is 2. The SMILES string of the molecule is Nc1cccnc1CN1CCCS(=O)(=O)CC1. The Morgan fingerprint density at radius 1 is 1.35 bits per heavy atom. The fourth-order valence-electron chi connectivity index (χ4n) is 1.94. The maximum atomic E-state index is 11.5. The maximum absolute atomic E-state index is 11.5. The van der Waals surface area contributed by atoms with Crippen LogP contribution >= 0.6 is 0 Å². The first kappa shape index (κ1) is 12.3. The summed E-state index contributed by atoms with van der Waals surface area (Å²) < 4.78 is 22.9. The average molecular weight is 255 g/mol. The highest BCUT2D eigenvalue weighted by Gasteiger charge is 2.19. The Hall–Kier alpha value is -1.14. The number of nitrogens with two attached hydrogens (primary N) is 1. The molecule has 5 nitrogen and oxygen atoms in total. The third kappa shape index (κ3) is 3.41. The third-order valence-corrected chi connectivity index (χ3v) is 4.66. The minimum absolute atomic E-state index is 0.236. The van der Waals surface area contributed by atoms with Crippen LogP contribution in [-0.2, 0) is 16.4 Å². The van der Waals surface area contributed by atoms with Gasteiger partial charge in [0.05, 0.1) is 22.9 Å². The first-order chi connectivity index (χ1) is 8.07. The van der Waals surface area contributed by atoms with Gasteiger partial charge in [0.2, 0.25) is 0 Å². The average Bonchev–Trinajstić information content (AvgIpc) is 2.44. The van der Waals surface area contributed by atoms with Crippen molar-refractivity contribution in [2.45, 2.75) is 13.0 Å². The molecule has 94 valence electrons. The van der Waals surface area contributed by atoms with Gasteiger partial charge >= 0.3 is 0 Å². The van der Waals surface area contributed by atoms with E-state index in [1.807, 2.05) is 6.07 Å². The van der Waals surface area contributed by atoms with Crippen molar-refractivity contribution in [2.24, 2.45) is 0 Å². The molecule has 0 amide bonds. The summed E-state index contributed by atoms with van der Waals surface area (Å²) in [4.78, 5) is 6.32. The van der Waals surface area contributed by atoms with Gasteiger partial charge in [-0.1, -0.05) is 0 Å². The normalized spacial score (nSPS) is 20.9. The summed E-state index contributed by atoms with van der Waals surface area (Å²) in [6.45, 7) is 1.98. The van der Waals surface area contributed by atoms with Crippen molar-refractivity contribution < 1.29 is 8.42 Å². The second kappa shape index (κ2) is 5.01. The van der Waals surface area contributed by atoms with Crippen molar-refractivity contribution in [3.8, 4) is 0 Å². The molecule has 1 aliphatic heterocycles. The fourth-order valence-corrected chi connectivity index (χ4v) is 3.25. The Bertz CT molecular complexity index is 487. The topological polar surface area (TPSA) is 76.3 Å². The van der Waals surface area contributed by atoms with E-state index in [4.69, 9.17) is 5.73 Å². The van der Waals surface area contributed by atoms with Gasteiger partial charge < -0.3 is 5.73 Å². The molecule has 1 aromatic rings. The zero-order chi connectivity index (χ0) is 12.3. The highest BCUT2D eigenvalue weighted by molar-refractivity contribution is 7.91. The molecule has 0 atom stereocenters. The minimum Gasteiger partial charge on any atom is -0.397 e. The van der Waals surface area contributed by atoms with Crippen molar-refractivity contribution in [3.05, 3.63) is 24.0 Å². The van der Waals surface area contributed by atoms with Crippen LogP contribution in [0.3, 0.4) is 0 Å². The monoisotopic (exact) mass is 255 g/mol. The standard InChI is InChI=1S/C11H17N3O2S/c12-10-3-1-4-13-11(10)9-14-5-2-7-17(15,16)8-6-14/h1,3-4H,2,5-9,12H2. The van der Waals surface area contributed by atoms with Gasteiger partial charge in [0.1, 0.15) is 0 Å². The van der Waals surface area contributed by atoms with E-state index in [9.17, 15) is 8.42 Å². The van der Waals surface area contributed by atoms with E-state index in [0.29, 0.717) is 31.0 Å². The van der Waals surface area contributed by atoms with Crippen LogP contribution in [0.2, 0.25) is 0 Å². The van der Waals surface area contributed by atoms with Crippen LogP contribution in [0.15, 0.2) is 18.3 Å². The zero-order valence-electron chi connectivity index (χ0n) is 9.67. The Morgan fingerprint density at radius 2 is 2.18 bits per heavy atom. The highest BCUT2D eigenvalue weighted by Crippen LogP contribution is 2.13. The lowest BCUT2D eigenvalue weighted by Crippen LogP contribution is -2.27. The number of nitrogen functional groups attached to an aromatic ring is 1. The molecule has 1 aliphatic rings. The predicted molar refractivity (Wildman–Crippen MR) is 67.2 cm³/mol. The Kier molecular flexibility index (Phi) is 3.63. The Labute approximate surface area is 102 Å². The number of rotatable bonds is 2. The van der Waals surface area contributed by atoms with Crippen molar-refractivity contribution in [1.82, 2.24) is 9.88 Å². The summed E-state index contributed by atoms with van der Waals surface area (Å²) >= 11 is 0. The molecular weight excluding hydrogens is 238 g/mol. The fraction of sp³-hybridized carbons (Fsp3) is 0.545. The number of anilines is 1. The molecule has 0 bridgehead atoms. The molecule has 1 saturated heterocycles. The molecule has 1 aromatic heterocycles. The van der Waals surface area contributed by atoms with Gasteiger partial charge in [-0.3, -0.25) is 9.88 Å². The zero-order valence-corrected chi connectivity index (χ0v) is 10.5. The van der Waals surface area contributed by atoms with Gasteiger partial charge in [-0.2, -0.15) is 0 Å². The molecule has 0 aromatic carbocycles. The second-order valence-corrected chi connectivity index (χ2v) is 6.62. The Morgan fingerprint density at radius 3 is 2.94 bits per heavy atom. The molecule has 0 aliphatic carbocycles. The molecule has 2 heterocycles. The lowest BCUT2D eigenvalue weighted by atomic mass is 10.2. The van der Waals surface area contributed by atoms with Gasteiger partial charge in [0, 0.05) is 19.3 Å². The number of sulfone groups is 1. The second-order valence-electron chi connectivity index (χ2n) is 4.32. The summed E-state index contributed by atoms with van der Waals surface area (Å²) in [5, 5.41) is 0. The van der Waals surface area contributed by atoms with Crippen LogP contribution in [0.4, 0.5) is 5.69 Å². The van der Waals surface area contributed by atoms with Crippen LogP contribution in [0.1, 0.15) is 12.1 Å². The van der Waals surface area contributed by atoms with Crippen LogP contribution in [0.25, 0.3) is 0 Å². The van der Waals surface area contributed by atoms with Gasteiger partial charge in [0.15, 0.2) is 9.84 Å². The van der Waals surface area contributed by atoms with E-state index in [2.05, 4.69) is 9.88 Å². The molecule has 2 rings (SSSR count). The highest BCUT2D eigenvalue weighted by atomic mass is 32.2. The molecule has 6 heteroatoms. The number of pyridine rings is 1. The first-order valence-corrected chi connectivity index (χ1v) is 7.51. The van der Waals surface area contributed by atoms with E-state index < -0.39 is 9.84 Å². The summed E-state index contributed by atoms with van der Waals surface area (Å²) in [6, 6.07) is 3.61. The molecular formula is C11H17N3O2S. The van der Waals surface area contributed by atoms with E-state index >= 15 is 0 Å². The smallest absolute Gasteiger partial charge is 0.151 e. The summed E-state index contributed by atoms with van der Waals surface area (Å²) in [5.41, 5.74) is 7.31. The third-order valence-electron chi connectivity index (χ3n) is 2.95. The van der Waals surface area contributed by atoms with Gasteiger partial charge in [-0.25, -0.2) is 8.42 Å². The summed E-state index contributed by atoms with van der Waals surface area (Å²) in [7, 11) is -2.85. The van der Waals surface area contributed by atoms with Crippen molar-refractivity contribution >= 4 is 15.5 Å². The summed E-state index contributed by atoms with van der Waals surface area (Å²) in [5.74, 6) is 0.529. The molecule has 1 fully saturated rings. The van der Waals surface area contributed by atoms with Crippen molar-refractivity contribution in [2.75, 3.05) is 30.3 Å². The number of aromatic nitrogens is 1. The summed E-state index contributed by atoms with van der Waals surface area (Å²) in [6.07, 6.45) is 2.40. The lowest BCUT2D eigenvalue weighted by Gasteiger charge is -2.19. The van der Waals surface area contributed by atoms with Gasteiger partial charge in [0.25, 0.3) is 0 Å². The van der Waals surface area contributed by atoms with Gasteiger partial charge in [-0.15, -0.1) is 0 Å². The molecule has 0 spiro atoms. The number of hydrogen-bond acceptors (Lipinski definition) is 5. The largest absolute Gasteiger partial charge is 0.397 e. The van der Waals surface area contributed by atoms with E-state index in [0.717, 1.165) is 12.2 Å². The van der Waals surface area contributed by atoms with Crippen molar-refractivity contribution in [3.63, 3.8) is 0 Å². The molecule has 0 saturated carbocycles. The van der Waals surface area contributed by atoms with E-state index in [1.54, 1.807) is 12.3 Å². The lowest BCUT2D eigenvalue weighted by molar-refractivity contribution is 0.284. The number of hydrogen-bond donors (Lipinski definition) is 1. The molecule has 0 unspecified atom stereocenters. The van der Waals surface area contributed by atoms with E-state index in [1.165, 1.54) is 0 Å². The van der Waals surface area contributed by atoms with Crippen LogP contribution < -0.4 is 5.73 Å². The van der Waals surface area contributed by atoms with Crippen LogP contribution in [0.5, 0.6) is 0 Å². The minimum atomic E-state index is -2.85. The van der Waals surface area contributed by atoms with Gasteiger partial charge in [-0.05, 0) is 25.1 Å². The van der Waals surface area contributed by atoms with E-state index in [-0.39, 0.29) is 5.75 Å². The molecule has 2 N–H and O–H groups in total. The Balaban J connectivity index is 2.03. The van der Waals surface area contributed by atoms with Crippen LogP contribution in [0, 0.1) is 0 Å². The van der Waals surface area contributed by atoms with Crippen LogP contribution in [-0.4, -0.2) is 42.9 Å². The molecule has 0 radical (unpaired) electrons. The maximum Gasteiger partial charge on any atom is 0.151 e.